The summed E-state index contributed by atoms with van der Waals surface area (Å²) in [6.45, 7) is 10.2. The standard InChI is InChI=1S/C14H27N3O5/c1-13(2,3)21-11(18)10(8-9-17(20)15-7)16-12(19)22-14(4,5)6/h10H,8-9H2,1-7H3,(H,16,19)/t10-/m0/s1. The lowest BCUT2D eigenvalue weighted by Crippen LogP contribution is -2.46. The molecule has 0 heterocycles. The van der Waals surface area contributed by atoms with Gasteiger partial charge in [-0.3, -0.25) is 0 Å². The zero-order valence-corrected chi connectivity index (χ0v) is 14.4. The van der Waals surface area contributed by atoms with Gasteiger partial charge >= 0.3 is 12.1 Å². The highest BCUT2D eigenvalue weighted by atomic mass is 16.6. The summed E-state index contributed by atoms with van der Waals surface area (Å²) in [7, 11) is 1.34. The van der Waals surface area contributed by atoms with Crippen LogP contribution in [-0.4, -0.2) is 47.8 Å². The van der Waals surface area contributed by atoms with E-state index in [9.17, 15) is 14.8 Å². The Bertz CT molecular complexity index is 421. The molecule has 0 aromatic rings. The van der Waals surface area contributed by atoms with E-state index in [0.717, 1.165) is 0 Å². The van der Waals surface area contributed by atoms with Crippen LogP contribution in [0.15, 0.2) is 5.11 Å². The van der Waals surface area contributed by atoms with E-state index in [0.29, 0.717) is 4.86 Å². The second-order valence-electron chi connectivity index (χ2n) is 6.80. The lowest BCUT2D eigenvalue weighted by Gasteiger charge is -2.25. The summed E-state index contributed by atoms with van der Waals surface area (Å²) in [5, 5.41) is 17.0. The minimum Gasteiger partial charge on any atom is -0.600 e. The molecule has 0 aromatic heterocycles. The molecule has 0 bridgehead atoms. The van der Waals surface area contributed by atoms with Gasteiger partial charge in [-0.2, -0.15) is 0 Å². The normalized spacial score (nSPS) is 14.2. The molecule has 1 N–H and O–H groups in total. The highest BCUT2D eigenvalue weighted by Crippen LogP contribution is 2.11. The first-order valence-corrected chi connectivity index (χ1v) is 7.11. The fourth-order valence-electron chi connectivity index (χ4n) is 1.41. The third-order valence-electron chi connectivity index (χ3n) is 2.21. The maximum absolute atomic E-state index is 12.1. The maximum atomic E-state index is 12.1. The Kier molecular flexibility index (Phi) is 7.28. The predicted molar refractivity (Wildman–Crippen MR) is 80.5 cm³/mol. The number of rotatable bonds is 5. The number of ether oxygens (including phenoxy) is 2. The Balaban J connectivity index is 4.85. The quantitative estimate of drug-likeness (QED) is 0.362. The number of hydrogen-bond acceptors (Lipinski definition) is 6. The third kappa shape index (κ3) is 9.95. The van der Waals surface area contributed by atoms with Gasteiger partial charge in [-0.15, -0.1) is 0 Å². The topological polar surface area (TPSA) is 103 Å². The van der Waals surface area contributed by atoms with Crippen molar-refractivity contribution in [1.29, 1.82) is 0 Å². The molecule has 0 fully saturated rings. The van der Waals surface area contributed by atoms with Crippen LogP contribution in [0.4, 0.5) is 4.79 Å². The number of hydroxylamine groups is 1. The number of esters is 1. The SMILES string of the molecule is CN=[N+]([O-])CC[C@H](NC(=O)OC(C)(C)C)C(=O)OC(C)(C)C. The van der Waals surface area contributed by atoms with Crippen LogP contribution in [0, 0.1) is 5.21 Å². The Morgan fingerprint density at radius 2 is 1.64 bits per heavy atom. The van der Waals surface area contributed by atoms with Crippen LogP contribution in [0.1, 0.15) is 48.0 Å². The van der Waals surface area contributed by atoms with Crippen LogP contribution in [0.3, 0.4) is 0 Å². The molecule has 1 atom stereocenters. The van der Waals surface area contributed by atoms with Crippen LogP contribution < -0.4 is 5.32 Å². The van der Waals surface area contributed by atoms with Gasteiger partial charge in [0, 0.05) is 6.42 Å². The lowest BCUT2D eigenvalue weighted by atomic mass is 10.1. The molecule has 8 heteroatoms. The summed E-state index contributed by atoms with van der Waals surface area (Å²) in [5.41, 5.74) is -1.39. The van der Waals surface area contributed by atoms with Gasteiger partial charge in [-0.05, 0) is 46.7 Å². The van der Waals surface area contributed by atoms with Crippen molar-refractivity contribution in [2.75, 3.05) is 13.6 Å². The van der Waals surface area contributed by atoms with Crippen molar-refractivity contribution < 1.29 is 23.9 Å². The first kappa shape index (κ1) is 20.1. The van der Waals surface area contributed by atoms with Crippen molar-refractivity contribution >= 4 is 12.1 Å². The van der Waals surface area contributed by atoms with Crippen molar-refractivity contribution in [1.82, 2.24) is 5.32 Å². The average molecular weight is 317 g/mol. The van der Waals surface area contributed by atoms with Crippen molar-refractivity contribution in [3.63, 3.8) is 0 Å². The molecule has 0 radical (unpaired) electrons. The molecule has 8 nitrogen and oxygen atoms in total. The van der Waals surface area contributed by atoms with E-state index in [1.54, 1.807) is 41.5 Å². The van der Waals surface area contributed by atoms with E-state index < -0.39 is 29.3 Å². The number of nitrogens with one attached hydrogen (secondary N) is 1. The number of amides is 1. The van der Waals surface area contributed by atoms with Crippen LogP contribution in [0.5, 0.6) is 0 Å². The lowest BCUT2D eigenvalue weighted by molar-refractivity contribution is -0.529. The molecule has 0 aliphatic carbocycles. The first-order chi connectivity index (χ1) is 9.84. The van der Waals surface area contributed by atoms with E-state index in [2.05, 4.69) is 10.4 Å². The number of carbonyl (C=O) groups is 2. The number of alkyl carbamates (subject to hydrolysis) is 1. The summed E-state index contributed by atoms with van der Waals surface area (Å²) in [6, 6.07) is -0.979. The molecule has 128 valence electrons. The summed E-state index contributed by atoms with van der Waals surface area (Å²) < 4.78 is 10.3. The highest BCUT2D eigenvalue weighted by Gasteiger charge is 2.29. The first-order valence-electron chi connectivity index (χ1n) is 7.11. The van der Waals surface area contributed by atoms with Gasteiger partial charge in [0.1, 0.15) is 17.2 Å². The molecular formula is C14H27N3O5. The van der Waals surface area contributed by atoms with Gasteiger partial charge in [0.05, 0.1) is 7.05 Å². The molecule has 1 amide bonds. The van der Waals surface area contributed by atoms with Crippen molar-refractivity contribution in [3.05, 3.63) is 5.21 Å². The molecule has 22 heavy (non-hydrogen) atoms. The van der Waals surface area contributed by atoms with Crippen molar-refractivity contribution in [2.45, 2.75) is 65.2 Å². The zero-order valence-electron chi connectivity index (χ0n) is 14.4. The molecule has 0 saturated heterocycles. The molecule has 0 rings (SSSR count). The van der Waals surface area contributed by atoms with Gasteiger partial charge in [0.25, 0.3) is 0 Å². The fourth-order valence-corrected chi connectivity index (χ4v) is 1.41. The Hall–Kier alpha value is -1.86. The second kappa shape index (κ2) is 7.95. The minimum absolute atomic E-state index is 0.0454. The van der Waals surface area contributed by atoms with Crippen LogP contribution >= 0.6 is 0 Å². The van der Waals surface area contributed by atoms with Gasteiger partial charge in [0.15, 0.2) is 6.54 Å². The summed E-state index contributed by atoms with van der Waals surface area (Å²) in [5.74, 6) is -0.622. The number of nitrogens with zero attached hydrogens (tertiary/aromatic N) is 2. The molecule has 0 aliphatic rings. The van der Waals surface area contributed by atoms with E-state index in [1.807, 2.05) is 0 Å². The number of carbonyl (C=O) groups excluding carboxylic acids is 2. The highest BCUT2D eigenvalue weighted by molar-refractivity contribution is 5.81. The number of azo groups is 1. The maximum Gasteiger partial charge on any atom is 0.408 e. The molecule has 0 aliphatic heterocycles. The molecule has 0 aromatic carbocycles. The summed E-state index contributed by atoms with van der Waals surface area (Å²) in [4.78, 5) is 24.4. The predicted octanol–water partition coefficient (Wildman–Crippen LogP) is 2.20. The molecule has 0 unspecified atom stereocenters. The van der Waals surface area contributed by atoms with Crippen LogP contribution in [-0.2, 0) is 14.3 Å². The summed E-state index contributed by atoms with van der Waals surface area (Å²) >= 11 is 0. The summed E-state index contributed by atoms with van der Waals surface area (Å²) in [6.07, 6.45) is -0.677. The Morgan fingerprint density at radius 3 is 2.05 bits per heavy atom. The van der Waals surface area contributed by atoms with E-state index >= 15 is 0 Å². The molecular weight excluding hydrogens is 290 g/mol. The zero-order chi connectivity index (χ0) is 17.6. The van der Waals surface area contributed by atoms with E-state index in [1.165, 1.54) is 7.05 Å². The second-order valence-corrected chi connectivity index (χ2v) is 6.80. The Labute approximate surface area is 131 Å². The van der Waals surface area contributed by atoms with Crippen LogP contribution in [0.25, 0.3) is 0 Å². The Morgan fingerprint density at radius 1 is 1.14 bits per heavy atom. The third-order valence-corrected chi connectivity index (χ3v) is 2.21. The van der Waals surface area contributed by atoms with Crippen molar-refractivity contribution in [2.24, 2.45) is 5.11 Å². The van der Waals surface area contributed by atoms with Gasteiger partial charge in [-0.1, -0.05) is 4.86 Å². The fraction of sp³-hybridized carbons (Fsp3) is 0.857. The van der Waals surface area contributed by atoms with Gasteiger partial charge in [0.2, 0.25) is 0 Å². The number of hydrogen-bond donors (Lipinski definition) is 1. The van der Waals surface area contributed by atoms with Gasteiger partial charge in [-0.25, -0.2) is 9.59 Å². The smallest absolute Gasteiger partial charge is 0.408 e. The monoisotopic (exact) mass is 317 g/mol. The largest absolute Gasteiger partial charge is 0.600 e. The van der Waals surface area contributed by atoms with Gasteiger partial charge < -0.3 is 20.0 Å². The minimum atomic E-state index is -0.979. The van der Waals surface area contributed by atoms with E-state index in [4.69, 9.17) is 9.47 Å². The van der Waals surface area contributed by atoms with Crippen molar-refractivity contribution in [3.8, 4) is 0 Å². The average Bonchev–Trinajstić information content (AvgIpc) is 2.29. The van der Waals surface area contributed by atoms with E-state index in [-0.39, 0.29) is 13.0 Å². The van der Waals surface area contributed by atoms with Crippen LogP contribution in [0.2, 0.25) is 0 Å². The molecule has 0 spiro atoms. The molecule has 0 saturated carbocycles.